The second kappa shape index (κ2) is 7.63. The highest BCUT2D eigenvalue weighted by Gasteiger charge is 2.11. The molecule has 0 fully saturated rings. The lowest BCUT2D eigenvalue weighted by atomic mass is 10.2. The molecule has 0 unspecified atom stereocenters. The van der Waals surface area contributed by atoms with Gasteiger partial charge in [-0.05, 0) is 35.7 Å². The number of benzene rings is 1. The minimum atomic E-state index is -0.0744. The number of hydrogen-bond donors (Lipinski definition) is 1. The number of nitrogens with one attached hydrogen (secondary N) is 1. The summed E-state index contributed by atoms with van der Waals surface area (Å²) < 4.78 is 5.53. The van der Waals surface area contributed by atoms with E-state index in [-0.39, 0.29) is 11.7 Å². The van der Waals surface area contributed by atoms with Crippen molar-refractivity contribution in [3.8, 4) is 11.5 Å². The van der Waals surface area contributed by atoms with Gasteiger partial charge in [0, 0.05) is 15.5 Å². The van der Waals surface area contributed by atoms with Gasteiger partial charge in [0.15, 0.2) is 0 Å². The molecule has 23 heavy (non-hydrogen) atoms. The number of thiophene rings is 1. The van der Waals surface area contributed by atoms with Gasteiger partial charge in [-0.25, -0.2) is 0 Å². The minimum absolute atomic E-state index is 0.0744. The van der Waals surface area contributed by atoms with Crippen LogP contribution in [0.25, 0.3) is 11.5 Å². The van der Waals surface area contributed by atoms with Gasteiger partial charge < -0.3 is 9.73 Å². The van der Waals surface area contributed by atoms with Crippen molar-refractivity contribution in [1.82, 2.24) is 15.5 Å². The van der Waals surface area contributed by atoms with Crippen LogP contribution >= 0.6 is 34.7 Å². The second-order valence-corrected chi connectivity index (χ2v) is 6.92. The molecular weight excluding hydrogens is 354 g/mol. The molecule has 0 bridgehead atoms. The zero-order valence-electron chi connectivity index (χ0n) is 11.9. The summed E-state index contributed by atoms with van der Waals surface area (Å²) >= 11 is 8.66. The lowest BCUT2D eigenvalue weighted by Crippen LogP contribution is -2.24. The molecule has 2 heterocycles. The van der Waals surface area contributed by atoms with Crippen molar-refractivity contribution in [3.63, 3.8) is 0 Å². The van der Waals surface area contributed by atoms with Gasteiger partial charge in [0.1, 0.15) is 0 Å². The summed E-state index contributed by atoms with van der Waals surface area (Å²) in [4.78, 5) is 12.9. The second-order valence-electron chi connectivity index (χ2n) is 4.52. The summed E-state index contributed by atoms with van der Waals surface area (Å²) in [5.41, 5.74) is 0.788. The van der Waals surface area contributed by atoms with Crippen LogP contribution in [-0.4, -0.2) is 21.9 Å². The zero-order valence-corrected chi connectivity index (χ0v) is 14.2. The Kier molecular flexibility index (Phi) is 5.32. The highest BCUT2D eigenvalue weighted by molar-refractivity contribution is 7.99. The molecular formula is C15H12ClN3O2S2. The summed E-state index contributed by atoms with van der Waals surface area (Å²) in [6, 6.07) is 11.1. The number of amides is 1. The monoisotopic (exact) mass is 365 g/mol. The van der Waals surface area contributed by atoms with Crippen LogP contribution in [0, 0.1) is 0 Å². The van der Waals surface area contributed by atoms with Gasteiger partial charge >= 0.3 is 0 Å². The minimum Gasteiger partial charge on any atom is -0.411 e. The van der Waals surface area contributed by atoms with Gasteiger partial charge in [0.05, 0.1) is 12.3 Å². The molecule has 1 amide bonds. The Morgan fingerprint density at radius 3 is 2.83 bits per heavy atom. The first-order valence-corrected chi connectivity index (χ1v) is 8.96. The van der Waals surface area contributed by atoms with Crippen LogP contribution in [0.4, 0.5) is 0 Å². The zero-order chi connectivity index (χ0) is 16.1. The molecule has 0 saturated heterocycles. The van der Waals surface area contributed by atoms with E-state index in [1.165, 1.54) is 11.8 Å². The van der Waals surface area contributed by atoms with E-state index in [1.54, 1.807) is 35.6 Å². The molecule has 0 saturated carbocycles. The van der Waals surface area contributed by atoms with Crippen LogP contribution in [0.3, 0.4) is 0 Å². The Hall–Kier alpha value is -1.83. The van der Waals surface area contributed by atoms with Crippen molar-refractivity contribution >= 4 is 40.6 Å². The Balaban J connectivity index is 1.50. The van der Waals surface area contributed by atoms with Crippen molar-refractivity contribution in [2.75, 3.05) is 5.75 Å². The number of nitrogens with zero attached hydrogens (tertiary/aromatic N) is 2. The molecule has 0 aliphatic rings. The van der Waals surface area contributed by atoms with Crippen LogP contribution < -0.4 is 5.32 Å². The molecule has 118 valence electrons. The average Bonchev–Trinajstić information content (AvgIpc) is 3.23. The van der Waals surface area contributed by atoms with E-state index in [2.05, 4.69) is 15.5 Å². The van der Waals surface area contributed by atoms with Crippen LogP contribution in [0.2, 0.25) is 5.02 Å². The maximum absolute atomic E-state index is 11.8. The molecule has 0 atom stereocenters. The van der Waals surface area contributed by atoms with Crippen LogP contribution in [-0.2, 0) is 11.3 Å². The number of carbonyl (C=O) groups excluding carboxylic acids is 1. The lowest BCUT2D eigenvalue weighted by Gasteiger charge is -2.01. The van der Waals surface area contributed by atoms with E-state index in [0.717, 1.165) is 10.4 Å². The van der Waals surface area contributed by atoms with Gasteiger partial charge in [-0.3, -0.25) is 4.79 Å². The molecule has 1 N–H and O–H groups in total. The Morgan fingerprint density at radius 1 is 1.26 bits per heavy atom. The van der Waals surface area contributed by atoms with Crippen molar-refractivity contribution in [1.29, 1.82) is 0 Å². The molecule has 0 aliphatic heterocycles. The number of halogens is 1. The molecule has 2 aromatic heterocycles. The molecule has 0 aliphatic carbocycles. The normalized spacial score (nSPS) is 10.7. The first kappa shape index (κ1) is 16.0. The summed E-state index contributed by atoms with van der Waals surface area (Å²) in [6.45, 7) is 0.539. The third kappa shape index (κ3) is 4.57. The SMILES string of the molecule is O=C(CSc1nnc(-c2ccc(Cl)cc2)o1)NCc1cccs1. The highest BCUT2D eigenvalue weighted by Crippen LogP contribution is 2.24. The van der Waals surface area contributed by atoms with Crippen LogP contribution in [0.5, 0.6) is 0 Å². The largest absolute Gasteiger partial charge is 0.411 e. The maximum Gasteiger partial charge on any atom is 0.277 e. The van der Waals surface area contributed by atoms with E-state index >= 15 is 0 Å². The smallest absolute Gasteiger partial charge is 0.277 e. The number of aromatic nitrogens is 2. The van der Waals surface area contributed by atoms with Gasteiger partial charge in [-0.1, -0.05) is 29.4 Å². The number of thioether (sulfide) groups is 1. The predicted octanol–water partition coefficient (Wildman–Crippen LogP) is 3.86. The molecule has 0 spiro atoms. The van der Waals surface area contributed by atoms with E-state index in [0.29, 0.717) is 22.7 Å². The Labute approximate surface area is 146 Å². The predicted molar refractivity (Wildman–Crippen MR) is 91.6 cm³/mol. The Bertz CT molecular complexity index is 772. The van der Waals surface area contributed by atoms with Crippen LogP contribution in [0.15, 0.2) is 51.4 Å². The van der Waals surface area contributed by atoms with Crippen LogP contribution in [0.1, 0.15) is 4.88 Å². The maximum atomic E-state index is 11.8. The fourth-order valence-electron chi connectivity index (χ4n) is 1.75. The van der Waals surface area contributed by atoms with E-state index in [9.17, 15) is 4.79 Å². The third-order valence-corrected chi connectivity index (χ3v) is 4.81. The number of hydrogen-bond acceptors (Lipinski definition) is 6. The standard InChI is InChI=1S/C15H12ClN3O2S2/c16-11-5-3-10(4-6-11)14-18-19-15(21-14)23-9-13(20)17-8-12-2-1-7-22-12/h1-7H,8-9H2,(H,17,20). The van der Waals surface area contributed by atoms with Crippen molar-refractivity contribution in [2.45, 2.75) is 11.8 Å². The molecule has 5 nitrogen and oxygen atoms in total. The average molecular weight is 366 g/mol. The molecule has 0 radical (unpaired) electrons. The van der Waals surface area contributed by atoms with E-state index < -0.39 is 0 Å². The van der Waals surface area contributed by atoms with Crippen molar-refractivity contribution < 1.29 is 9.21 Å². The van der Waals surface area contributed by atoms with Gasteiger partial charge in [0.25, 0.3) is 5.22 Å². The summed E-state index contributed by atoms with van der Waals surface area (Å²) in [5, 5.41) is 13.7. The highest BCUT2D eigenvalue weighted by atomic mass is 35.5. The van der Waals surface area contributed by atoms with E-state index in [4.69, 9.17) is 16.0 Å². The van der Waals surface area contributed by atoms with Gasteiger partial charge in [0.2, 0.25) is 11.8 Å². The quantitative estimate of drug-likeness (QED) is 0.672. The fraction of sp³-hybridized carbons (Fsp3) is 0.133. The fourth-order valence-corrected chi connectivity index (χ4v) is 3.12. The van der Waals surface area contributed by atoms with Crippen molar-refractivity contribution in [2.24, 2.45) is 0 Å². The third-order valence-electron chi connectivity index (χ3n) is 2.86. The Morgan fingerprint density at radius 2 is 2.09 bits per heavy atom. The van der Waals surface area contributed by atoms with Gasteiger partial charge in [-0.15, -0.1) is 21.5 Å². The number of rotatable bonds is 6. The van der Waals surface area contributed by atoms with Crippen molar-refractivity contribution in [3.05, 3.63) is 51.7 Å². The molecule has 8 heteroatoms. The molecule has 3 rings (SSSR count). The number of carbonyl (C=O) groups is 1. The molecule has 1 aromatic carbocycles. The first-order valence-electron chi connectivity index (χ1n) is 6.72. The summed E-state index contributed by atoms with van der Waals surface area (Å²) in [6.07, 6.45) is 0. The first-order chi connectivity index (χ1) is 11.2. The summed E-state index contributed by atoms with van der Waals surface area (Å²) in [7, 11) is 0. The van der Waals surface area contributed by atoms with E-state index in [1.807, 2.05) is 17.5 Å². The van der Waals surface area contributed by atoms with Gasteiger partial charge in [-0.2, -0.15) is 0 Å². The molecule has 3 aromatic rings. The topological polar surface area (TPSA) is 68.0 Å². The summed E-state index contributed by atoms with van der Waals surface area (Å²) in [5.74, 6) is 0.561. The lowest BCUT2D eigenvalue weighted by molar-refractivity contribution is -0.118.